The summed E-state index contributed by atoms with van der Waals surface area (Å²) in [5, 5.41) is 0. The first-order valence-electron chi connectivity index (χ1n) is 7.06. The van der Waals surface area contributed by atoms with Crippen LogP contribution in [0.1, 0.15) is 40.5 Å². The largest absolute Gasteiger partial charge is 0.329 e. The van der Waals surface area contributed by atoms with Crippen LogP contribution in [0.3, 0.4) is 0 Å². The molecule has 1 fully saturated rings. The fraction of sp³-hybridized carbons (Fsp3) is 1.00. The molecule has 1 aliphatic heterocycles. The highest BCUT2D eigenvalue weighted by Crippen LogP contribution is 2.28. The maximum Gasteiger partial charge on any atom is 0.0467 e. The molecule has 0 aromatic heterocycles. The second kappa shape index (κ2) is 6.17. The van der Waals surface area contributed by atoms with Crippen molar-refractivity contribution in [1.82, 2.24) is 9.80 Å². The Labute approximate surface area is 107 Å². The first-order valence-corrected chi connectivity index (χ1v) is 7.06. The average molecular weight is 241 g/mol. The van der Waals surface area contributed by atoms with Crippen molar-refractivity contribution in [3.05, 3.63) is 0 Å². The van der Waals surface area contributed by atoms with Crippen molar-refractivity contribution < 1.29 is 0 Å². The van der Waals surface area contributed by atoms with E-state index in [0.717, 1.165) is 19.0 Å². The van der Waals surface area contributed by atoms with Crippen LogP contribution in [0.25, 0.3) is 0 Å². The molecule has 0 bridgehead atoms. The summed E-state index contributed by atoms with van der Waals surface area (Å²) >= 11 is 0. The van der Waals surface area contributed by atoms with Crippen molar-refractivity contribution in [1.29, 1.82) is 0 Å². The molecule has 1 unspecified atom stereocenters. The quantitative estimate of drug-likeness (QED) is 0.769. The lowest BCUT2D eigenvalue weighted by Crippen LogP contribution is -2.54. The Morgan fingerprint density at radius 1 is 1.29 bits per heavy atom. The van der Waals surface area contributed by atoms with E-state index in [1.165, 1.54) is 25.9 Å². The minimum atomic E-state index is 0.221. The van der Waals surface area contributed by atoms with E-state index in [1.54, 1.807) is 0 Å². The molecule has 1 rings (SSSR count). The van der Waals surface area contributed by atoms with Gasteiger partial charge in [-0.2, -0.15) is 0 Å². The van der Waals surface area contributed by atoms with E-state index in [0.29, 0.717) is 6.04 Å². The van der Waals surface area contributed by atoms with Gasteiger partial charge in [-0.25, -0.2) is 0 Å². The van der Waals surface area contributed by atoms with Crippen molar-refractivity contribution in [3.63, 3.8) is 0 Å². The van der Waals surface area contributed by atoms with E-state index in [-0.39, 0.29) is 5.54 Å². The Balaban J connectivity index is 2.57. The molecule has 0 aromatic rings. The number of nitrogens with two attached hydrogens (primary N) is 1. The summed E-state index contributed by atoms with van der Waals surface area (Å²) in [6, 6.07) is 0.641. The van der Waals surface area contributed by atoms with Gasteiger partial charge in [0.25, 0.3) is 0 Å². The van der Waals surface area contributed by atoms with Crippen molar-refractivity contribution in [2.24, 2.45) is 11.7 Å². The van der Waals surface area contributed by atoms with Crippen LogP contribution in [0.5, 0.6) is 0 Å². The van der Waals surface area contributed by atoms with Crippen LogP contribution < -0.4 is 5.73 Å². The van der Waals surface area contributed by atoms with Gasteiger partial charge in [0.1, 0.15) is 0 Å². The molecular weight excluding hydrogens is 210 g/mol. The highest BCUT2D eigenvalue weighted by molar-refractivity contribution is 4.99. The van der Waals surface area contributed by atoms with Crippen molar-refractivity contribution in [3.8, 4) is 0 Å². The van der Waals surface area contributed by atoms with Gasteiger partial charge in [-0.3, -0.25) is 9.80 Å². The average Bonchev–Trinajstić information content (AvgIpc) is 2.71. The third-order valence-corrected chi connectivity index (χ3v) is 4.32. The summed E-state index contributed by atoms with van der Waals surface area (Å²) in [7, 11) is 2.25. The maximum absolute atomic E-state index is 6.07. The number of likely N-dealkylation sites (tertiary alicyclic amines) is 1. The normalized spacial score (nSPS) is 26.6. The van der Waals surface area contributed by atoms with Crippen LogP contribution in [-0.2, 0) is 0 Å². The molecule has 1 aliphatic rings. The summed E-state index contributed by atoms with van der Waals surface area (Å²) in [5.74, 6) is 0.773. The number of nitrogens with zero attached hydrogens (tertiary/aromatic N) is 2. The Bertz CT molecular complexity index is 228. The second-order valence-electron chi connectivity index (χ2n) is 6.35. The van der Waals surface area contributed by atoms with Gasteiger partial charge in [0.15, 0.2) is 0 Å². The summed E-state index contributed by atoms with van der Waals surface area (Å²) in [6.07, 6.45) is 2.48. The van der Waals surface area contributed by atoms with E-state index in [1.807, 2.05) is 0 Å². The molecule has 0 aliphatic carbocycles. The number of hydrogen-bond acceptors (Lipinski definition) is 3. The van der Waals surface area contributed by atoms with E-state index in [9.17, 15) is 0 Å². The number of hydrogen-bond donors (Lipinski definition) is 1. The third-order valence-electron chi connectivity index (χ3n) is 4.32. The summed E-state index contributed by atoms with van der Waals surface area (Å²) in [6.45, 7) is 13.4. The lowest BCUT2D eigenvalue weighted by atomic mass is 9.95. The van der Waals surface area contributed by atoms with Crippen LogP contribution in [0.4, 0.5) is 0 Å². The zero-order valence-corrected chi connectivity index (χ0v) is 12.4. The minimum absolute atomic E-state index is 0.221. The highest BCUT2D eigenvalue weighted by Gasteiger charge is 2.40. The van der Waals surface area contributed by atoms with Gasteiger partial charge >= 0.3 is 0 Å². The van der Waals surface area contributed by atoms with E-state index in [4.69, 9.17) is 5.73 Å². The summed E-state index contributed by atoms with van der Waals surface area (Å²) in [4.78, 5) is 5.06. The van der Waals surface area contributed by atoms with Crippen molar-refractivity contribution in [2.45, 2.75) is 52.1 Å². The lowest BCUT2D eigenvalue weighted by molar-refractivity contribution is 0.117. The van der Waals surface area contributed by atoms with E-state index in [2.05, 4.69) is 44.5 Å². The molecule has 1 saturated heterocycles. The Morgan fingerprint density at radius 2 is 1.94 bits per heavy atom. The maximum atomic E-state index is 6.07. The predicted molar refractivity (Wildman–Crippen MR) is 75.2 cm³/mol. The number of rotatable bonds is 6. The SMILES string of the molecule is CC(C)CCN(C)C1(CN)CCN(C(C)C)C1. The van der Waals surface area contributed by atoms with Gasteiger partial charge in [0, 0.05) is 31.2 Å². The van der Waals surface area contributed by atoms with Crippen molar-refractivity contribution >= 4 is 0 Å². The molecule has 2 N–H and O–H groups in total. The molecule has 3 heteroatoms. The molecule has 0 saturated carbocycles. The molecule has 0 amide bonds. The Hall–Kier alpha value is -0.120. The van der Waals surface area contributed by atoms with Gasteiger partial charge in [-0.1, -0.05) is 13.8 Å². The molecule has 0 radical (unpaired) electrons. The van der Waals surface area contributed by atoms with Crippen LogP contribution >= 0.6 is 0 Å². The van der Waals surface area contributed by atoms with Crippen LogP contribution in [0.15, 0.2) is 0 Å². The molecular formula is C14H31N3. The first-order chi connectivity index (χ1) is 7.91. The zero-order valence-electron chi connectivity index (χ0n) is 12.4. The zero-order chi connectivity index (χ0) is 13.1. The highest BCUT2D eigenvalue weighted by atomic mass is 15.3. The molecule has 102 valence electrons. The summed E-state index contributed by atoms with van der Waals surface area (Å²) < 4.78 is 0. The monoisotopic (exact) mass is 241 g/mol. The first kappa shape index (κ1) is 14.9. The summed E-state index contributed by atoms with van der Waals surface area (Å²) in [5.41, 5.74) is 6.29. The molecule has 0 spiro atoms. The van der Waals surface area contributed by atoms with Gasteiger partial charge in [-0.15, -0.1) is 0 Å². The fourth-order valence-electron chi connectivity index (χ4n) is 2.65. The van der Waals surface area contributed by atoms with Crippen LogP contribution in [0, 0.1) is 5.92 Å². The van der Waals surface area contributed by atoms with Gasteiger partial charge in [0.2, 0.25) is 0 Å². The topological polar surface area (TPSA) is 32.5 Å². The molecule has 17 heavy (non-hydrogen) atoms. The van der Waals surface area contributed by atoms with Crippen molar-refractivity contribution in [2.75, 3.05) is 33.2 Å². The number of likely N-dealkylation sites (N-methyl/N-ethyl adjacent to an activating group) is 1. The molecule has 3 nitrogen and oxygen atoms in total. The fourth-order valence-corrected chi connectivity index (χ4v) is 2.65. The Kier molecular flexibility index (Phi) is 5.42. The van der Waals surface area contributed by atoms with E-state index >= 15 is 0 Å². The van der Waals surface area contributed by atoms with E-state index < -0.39 is 0 Å². The molecule has 1 heterocycles. The smallest absolute Gasteiger partial charge is 0.0467 e. The molecule has 0 aromatic carbocycles. The van der Waals surface area contributed by atoms with Gasteiger partial charge in [0.05, 0.1) is 0 Å². The second-order valence-corrected chi connectivity index (χ2v) is 6.35. The standard InChI is InChI=1S/C14H31N3/c1-12(2)6-8-16(5)14(10-15)7-9-17(11-14)13(3)4/h12-13H,6-11,15H2,1-5H3. The minimum Gasteiger partial charge on any atom is -0.329 e. The van der Waals surface area contributed by atoms with Gasteiger partial charge < -0.3 is 5.73 Å². The van der Waals surface area contributed by atoms with Crippen LogP contribution in [0.2, 0.25) is 0 Å². The molecule has 1 atom stereocenters. The third kappa shape index (κ3) is 3.67. The predicted octanol–water partition coefficient (Wildman–Crippen LogP) is 1.78. The van der Waals surface area contributed by atoms with Crippen LogP contribution in [-0.4, -0.2) is 54.6 Å². The lowest BCUT2D eigenvalue weighted by Gasteiger charge is -2.39. The van der Waals surface area contributed by atoms with Gasteiger partial charge in [-0.05, 0) is 46.2 Å². The Morgan fingerprint density at radius 3 is 2.35 bits per heavy atom.